The second-order valence-corrected chi connectivity index (χ2v) is 6.66. The molecule has 6 nitrogen and oxygen atoms in total. The van der Waals surface area contributed by atoms with E-state index in [1.165, 1.54) is 0 Å². The Hall–Kier alpha value is -1.92. The van der Waals surface area contributed by atoms with Crippen LogP contribution in [0.4, 0.5) is 5.69 Å². The minimum Gasteiger partial charge on any atom is -0.326 e. The highest BCUT2D eigenvalue weighted by atomic mass is 35.5. The molecule has 7 heteroatoms. The molecule has 1 aromatic carbocycles. The van der Waals surface area contributed by atoms with E-state index in [2.05, 4.69) is 16.0 Å². The highest BCUT2D eigenvalue weighted by Crippen LogP contribution is 2.19. The van der Waals surface area contributed by atoms with Gasteiger partial charge in [0.05, 0.1) is 5.92 Å². The van der Waals surface area contributed by atoms with Crippen LogP contribution in [-0.4, -0.2) is 30.8 Å². The summed E-state index contributed by atoms with van der Waals surface area (Å²) in [5.41, 5.74) is 1.75. The van der Waals surface area contributed by atoms with Crippen LogP contribution in [0.2, 0.25) is 0 Å². The van der Waals surface area contributed by atoms with E-state index in [1.807, 2.05) is 24.3 Å². The van der Waals surface area contributed by atoms with Crippen molar-refractivity contribution in [3.05, 3.63) is 29.8 Å². The van der Waals surface area contributed by atoms with Crippen molar-refractivity contribution in [2.45, 2.75) is 32.1 Å². The topological polar surface area (TPSA) is 87.3 Å². The van der Waals surface area contributed by atoms with E-state index in [0.717, 1.165) is 37.2 Å². The monoisotopic (exact) mass is 365 g/mol. The van der Waals surface area contributed by atoms with E-state index >= 15 is 0 Å². The van der Waals surface area contributed by atoms with Gasteiger partial charge >= 0.3 is 0 Å². The second kappa shape index (κ2) is 8.97. The molecule has 2 fully saturated rings. The van der Waals surface area contributed by atoms with E-state index in [0.29, 0.717) is 18.8 Å². The van der Waals surface area contributed by atoms with E-state index in [-0.39, 0.29) is 42.5 Å². The van der Waals surface area contributed by atoms with E-state index < -0.39 is 0 Å². The molecule has 3 rings (SSSR count). The fourth-order valence-corrected chi connectivity index (χ4v) is 3.30. The molecule has 3 N–H and O–H groups in total. The van der Waals surface area contributed by atoms with E-state index in [1.54, 1.807) is 0 Å². The zero-order valence-electron chi connectivity index (χ0n) is 14.0. The lowest BCUT2D eigenvalue weighted by Gasteiger charge is -2.10. The van der Waals surface area contributed by atoms with Gasteiger partial charge in [-0.3, -0.25) is 19.7 Å². The Morgan fingerprint density at radius 3 is 2.56 bits per heavy atom. The summed E-state index contributed by atoms with van der Waals surface area (Å²) in [4.78, 5) is 34.8. The van der Waals surface area contributed by atoms with Crippen LogP contribution in [0.15, 0.2) is 24.3 Å². The minimum absolute atomic E-state index is 0. The lowest BCUT2D eigenvalue weighted by molar-refractivity contribution is -0.125. The number of hydrogen-bond acceptors (Lipinski definition) is 4. The molecule has 0 bridgehead atoms. The average molecular weight is 366 g/mol. The molecule has 2 unspecified atom stereocenters. The Morgan fingerprint density at radius 2 is 1.96 bits per heavy atom. The number of nitrogens with one attached hydrogen (secondary N) is 3. The number of carbonyl (C=O) groups is 3. The fourth-order valence-electron chi connectivity index (χ4n) is 3.30. The average Bonchev–Trinajstić information content (AvgIpc) is 3.17. The minimum atomic E-state index is -0.280. The zero-order chi connectivity index (χ0) is 16.9. The van der Waals surface area contributed by atoms with Gasteiger partial charge in [-0.1, -0.05) is 12.1 Å². The zero-order valence-corrected chi connectivity index (χ0v) is 14.9. The first-order valence-corrected chi connectivity index (χ1v) is 8.53. The van der Waals surface area contributed by atoms with Gasteiger partial charge in [0, 0.05) is 18.5 Å². The highest BCUT2D eigenvalue weighted by molar-refractivity contribution is 6.03. The summed E-state index contributed by atoms with van der Waals surface area (Å²) in [7, 11) is 0. The Bertz CT molecular complexity index is 627. The van der Waals surface area contributed by atoms with Crippen LogP contribution >= 0.6 is 12.4 Å². The van der Waals surface area contributed by atoms with Crippen molar-refractivity contribution in [1.29, 1.82) is 0 Å². The number of amides is 3. The number of benzene rings is 1. The molecule has 0 saturated carbocycles. The third-order valence-corrected chi connectivity index (χ3v) is 4.73. The summed E-state index contributed by atoms with van der Waals surface area (Å²) in [6.45, 7) is 2.07. The molecule has 2 aliphatic rings. The Kier molecular flexibility index (Phi) is 6.96. The van der Waals surface area contributed by atoms with E-state index in [4.69, 9.17) is 0 Å². The summed E-state index contributed by atoms with van der Waals surface area (Å²) < 4.78 is 0. The van der Waals surface area contributed by atoms with E-state index in [9.17, 15) is 14.4 Å². The van der Waals surface area contributed by atoms with Crippen molar-refractivity contribution in [1.82, 2.24) is 10.6 Å². The van der Waals surface area contributed by atoms with Crippen molar-refractivity contribution in [2.75, 3.05) is 18.4 Å². The Labute approximate surface area is 153 Å². The van der Waals surface area contributed by atoms with Gasteiger partial charge in [-0.2, -0.15) is 0 Å². The smallest absolute Gasteiger partial charge is 0.230 e. The van der Waals surface area contributed by atoms with Gasteiger partial charge in [0.15, 0.2) is 0 Å². The second-order valence-electron chi connectivity index (χ2n) is 6.66. The molecular weight excluding hydrogens is 342 g/mol. The third-order valence-electron chi connectivity index (χ3n) is 4.73. The maximum absolute atomic E-state index is 12.0. The van der Waals surface area contributed by atoms with Gasteiger partial charge in [0.1, 0.15) is 0 Å². The SMILES string of the molecule is Cl.O=C1CC(Cc2ccc(NC(=O)CCC3CCNC3)cc2)C(=O)N1. The number of imide groups is 1. The molecule has 0 aliphatic carbocycles. The van der Waals surface area contributed by atoms with Gasteiger partial charge in [-0.05, 0) is 56.0 Å². The van der Waals surface area contributed by atoms with Crippen LogP contribution in [0.25, 0.3) is 0 Å². The summed E-state index contributed by atoms with van der Waals surface area (Å²) in [5.74, 6) is -0.0306. The molecule has 2 saturated heterocycles. The molecule has 2 atom stereocenters. The molecule has 1 aromatic rings. The van der Waals surface area contributed by atoms with Gasteiger partial charge < -0.3 is 10.6 Å². The van der Waals surface area contributed by atoms with Gasteiger partial charge in [0.2, 0.25) is 17.7 Å². The molecular formula is C18H24ClN3O3. The molecule has 0 radical (unpaired) electrons. The molecule has 2 heterocycles. The van der Waals surface area contributed by atoms with Gasteiger partial charge in [-0.15, -0.1) is 12.4 Å². The van der Waals surface area contributed by atoms with Crippen LogP contribution in [-0.2, 0) is 20.8 Å². The first-order valence-electron chi connectivity index (χ1n) is 8.53. The third kappa shape index (κ3) is 5.54. The summed E-state index contributed by atoms with van der Waals surface area (Å²) in [6, 6.07) is 7.48. The highest BCUT2D eigenvalue weighted by Gasteiger charge is 2.30. The first-order chi connectivity index (χ1) is 11.6. The lowest BCUT2D eigenvalue weighted by atomic mass is 9.98. The summed E-state index contributed by atoms with van der Waals surface area (Å²) in [6.07, 6.45) is 3.41. The van der Waals surface area contributed by atoms with Crippen molar-refractivity contribution in [3.8, 4) is 0 Å². The molecule has 3 amide bonds. The molecule has 0 aromatic heterocycles. The number of carbonyl (C=O) groups excluding carboxylic acids is 3. The fraction of sp³-hybridized carbons (Fsp3) is 0.500. The number of rotatable bonds is 6. The molecule has 2 aliphatic heterocycles. The van der Waals surface area contributed by atoms with Crippen LogP contribution < -0.4 is 16.0 Å². The van der Waals surface area contributed by atoms with Crippen molar-refractivity contribution in [3.63, 3.8) is 0 Å². The predicted octanol–water partition coefficient (Wildman–Crippen LogP) is 1.64. The summed E-state index contributed by atoms with van der Waals surface area (Å²) in [5, 5.41) is 8.54. The lowest BCUT2D eigenvalue weighted by Crippen LogP contribution is -2.22. The largest absolute Gasteiger partial charge is 0.326 e. The van der Waals surface area contributed by atoms with Crippen LogP contribution in [0, 0.1) is 11.8 Å². The quantitative estimate of drug-likeness (QED) is 0.669. The Morgan fingerprint density at radius 1 is 1.20 bits per heavy atom. The molecule has 0 spiro atoms. The number of halogens is 1. The summed E-state index contributed by atoms with van der Waals surface area (Å²) >= 11 is 0. The first kappa shape index (κ1) is 19.4. The molecule has 136 valence electrons. The standard InChI is InChI=1S/C18H23N3O3.ClH/c22-16(6-3-13-7-8-19-11-13)20-15-4-1-12(2-5-15)9-14-10-17(23)21-18(14)24;/h1-2,4-5,13-14,19H,3,6-11H2,(H,20,22)(H,21,23,24);1H. The number of hydrogen-bond donors (Lipinski definition) is 3. The maximum Gasteiger partial charge on any atom is 0.230 e. The number of anilines is 1. The van der Waals surface area contributed by atoms with Crippen LogP contribution in [0.5, 0.6) is 0 Å². The normalized spacial score (nSPS) is 22.4. The van der Waals surface area contributed by atoms with Crippen molar-refractivity contribution >= 4 is 35.8 Å². The van der Waals surface area contributed by atoms with Crippen LogP contribution in [0.3, 0.4) is 0 Å². The van der Waals surface area contributed by atoms with Crippen LogP contribution in [0.1, 0.15) is 31.2 Å². The maximum atomic E-state index is 12.0. The van der Waals surface area contributed by atoms with Crippen molar-refractivity contribution in [2.24, 2.45) is 11.8 Å². The van der Waals surface area contributed by atoms with Gasteiger partial charge in [-0.25, -0.2) is 0 Å². The Balaban J connectivity index is 0.00000225. The van der Waals surface area contributed by atoms with Gasteiger partial charge in [0.25, 0.3) is 0 Å². The molecule has 25 heavy (non-hydrogen) atoms. The predicted molar refractivity (Wildman–Crippen MR) is 97.5 cm³/mol. The van der Waals surface area contributed by atoms with Crippen molar-refractivity contribution < 1.29 is 14.4 Å².